The number of ether oxygens (including phenoxy) is 1. The minimum atomic E-state index is -0.0368. The van der Waals surface area contributed by atoms with Crippen LogP contribution in [0, 0.1) is 5.92 Å². The number of allylic oxidation sites excluding steroid dienone is 1. The maximum absolute atomic E-state index is 13.7. The van der Waals surface area contributed by atoms with Gasteiger partial charge in [-0.3, -0.25) is 4.79 Å². The van der Waals surface area contributed by atoms with Crippen LogP contribution in [0.1, 0.15) is 16.7 Å². The van der Waals surface area contributed by atoms with E-state index in [9.17, 15) is 4.79 Å². The van der Waals surface area contributed by atoms with Crippen molar-refractivity contribution in [2.45, 2.75) is 19.1 Å². The van der Waals surface area contributed by atoms with Crippen molar-refractivity contribution >= 4 is 17.0 Å². The van der Waals surface area contributed by atoms with Crippen LogP contribution in [0.4, 0.5) is 0 Å². The molecule has 3 heteroatoms. The standard InChI is InChI=1S/C29H23NO2/c31-29-25-18-24-22(17-20-9-3-1-4-10-20)15-16-27(24)32-28(25)23-13-7-8-14-26(23)30(29)19-21-11-5-2-6-12-21/h1-17,24,27H,18-19H2/b22-17+/t24-,27+/m0/s1. The molecule has 0 N–H and O–H groups in total. The molecule has 2 aliphatic rings. The summed E-state index contributed by atoms with van der Waals surface area (Å²) in [6.45, 7) is 0.548. The Hall–Kier alpha value is -3.85. The largest absolute Gasteiger partial charge is 0.484 e. The number of hydrogen-bond acceptors (Lipinski definition) is 2. The van der Waals surface area contributed by atoms with E-state index in [-0.39, 0.29) is 17.6 Å². The van der Waals surface area contributed by atoms with Gasteiger partial charge in [0.2, 0.25) is 0 Å². The highest BCUT2D eigenvalue weighted by molar-refractivity contribution is 5.87. The summed E-state index contributed by atoms with van der Waals surface area (Å²) in [5, 5.41) is 1.00. The van der Waals surface area contributed by atoms with Crippen molar-refractivity contribution in [1.82, 2.24) is 4.57 Å². The monoisotopic (exact) mass is 417 g/mol. The lowest BCUT2D eigenvalue weighted by Crippen LogP contribution is -2.35. The van der Waals surface area contributed by atoms with Gasteiger partial charge in [-0.25, -0.2) is 0 Å². The third-order valence-corrected chi connectivity index (χ3v) is 6.51. The first kappa shape index (κ1) is 18.9. The van der Waals surface area contributed by atoms with Crippen LogP contribution in [0.25, 0.3) is 17.0 Å². The van der Waals surface area contributed by atoms with Gasteiger partial charge < -0.3 is 9.30 Å². The average molecular weight is 418 g/mol. The molecule has 2 atom stereocenters. The van der Waals surface area contributed by atoms with Gasteiger partial charge in [0.1, 0.15) is 11.9 Å². The number of pyridine rings is 1. The Labute approximate surface area is 186 Å². The molecule has 3 nitrogen and oxygen atoms in total. The molecular formula is C29H23NO2. The van der Waals surface area contributed by atoms with E-state index < -0.39 is 0 Å². The third kappa shape index (κ3) is 3.18. The molecule has 3 aromatic carbocycles. The quantitative estimate of drug-likeness (QED) is 0.433. The molecule has 2 heterocycles. The second-order valence-corrected chi connectivity index (χ2v) is 8.51. The number of hydrogen-bond donors (Lipinski definition) is 0. The fourth-order valence-corrected chi connectivity index (χ4v) is 4.93. The number of fused-ring (bicyclic) bond motifs is 4. The Morgan fingerprint density at radius 3 is 2.44 bits per heavy atom. The Morgan fingerprint density at radius 1 is 0.906 bits per heavy atom. The lowest BCUT2D eigenvalue weighted by molar-refractivity contribution is 0.185. The molecule has 32 heavy (non-hydrogen) atoms. The van der Waals surface area contributed by atoms with Crippen molar-refractivity contribution in [2.24, 2.45) is 5.92 Å². The van der Waals surface area contributed by atoms with E-state index in [2.05, 4.69) is 48.6 Å². The number of nitrogens with zero attached hydrogens (tertiary/aromatic N) is 1. The Morgan fingerprint density at radius 2 is 1.62 bits per heavy atom. The smallest absolute Gasteiger partial charge is 0.258 e. The molecule has 4 aromatic rings. The van der Waals surface area contributed by atoms with Gasteiger partial charge in [0, 0.05) is 11.3 Å². The maximum Gasteiger partial charge on any atom is 0.258 e. The van der Waals surface area contributed by atoms with Gasteiger partial charge in [-0.05, 0) is 41.3 Å². The zero-order valence-electron chi connectivity index (χ0n) is 17.6. The van der Waals surface area contributed by atoms with Gasteiger partial charge in [-0.15, -0.1) is 0 Å². The molecule has 0 saturated carbocycles. The zero-order chi connectivity index (χ0) is 21.5. The average Bonchev–Trinajstić information content (AvgIpc) is 3.24. The molecule has 0 amide bonds. The summed E-state index contributed by atoms with van der Waals surface area (Å²) in [7, 11) is 0. The summed E-state index contributed by atoms with van der Waals surface area (Å²) in [4.78, 5) is 13.7. The highest BCUT2D eigenvalue weighted by atomic mass is 16.5. The maximum atomic E-state index is 13.7. The molecule has 0 fully saturated rings. The normalized spacial score (nSPS) is 20.2. The van der Waals surface area contributed by atoms with Crippen LogP contribution in [0.2, 0.25) is 0 Å². The van der Waals surface area contributed by atoms with E-state index in [4.69, 9.17) is 4.74 Å². The van der Waals surface area contributed by atoms with Crippen LogP contribution in [0.15, 0.2) is 107 Å². The van der Waals surface area contributed by atoms with Gasteiger partial charge in [0.15, 0.2) is 0 Å². The van der Waals surface area contributed by atoms with E-state index in [1.165, 1.54) is 11.1 Å². The minimum Gasteiger partial charge on any atom is -0.484 e. The first-order valence-electron chi connectivity index (χ1n) is 11.1. The summed E-state index contributed by atoms with van der Waals surface area (Å²) >= 11 is 0. The van der Waals surface area contributed by atoms with Crippen molar-refractivity contribution in [3.63, 3.8) is 0 Å². The number of para-hydroxylation sites is 1. The summed E-state index contributed by atoms with van der Waals surface area (Å²) in [5.74, 6) is 0.906. The van der Waals surface area contributed by atoms with E-state index in [0.29, 0.717) is 13.0 Å². The van der Waals surface area contributed by atoms with Crippen LogP contribution >= 0.6 is 0 Å². The number of aromatic nitrogens is 1. The fourth-order valence-electron chi connectivity index (χ4n) is 4.93. The van der Waals surface area contributed by atoms with Gasteiger partial charge >= 0.3 is 0 Å². The van der Waals surface area contributed by atoms with Gasteiger partial charge in [0.05, 0.1) is 17.6 Å². The molecule has 0 bridgehead atoms. The second kappa shape index (κ2) is 7.69. The summed E-state index contributed by atoms with van der Waals surface area (Å²) in [6.07, 6.45) is 7.14. The number of rotatable bonds is 3. The summed E-state index contributed by atoms with van der Waals surface area (Å²) in [5.41, 5.74) is 5.24. The SMILES string of the molecule is O=c1c2c(c3ccccc3n1Cc1ccccc1)O[C@@H]1C=C/C(=C\c3ccccc3)[C@@H]1C2. The predicted molar refractivity (Wildman–Crippen MR) is 129 cm³/mol. The van der Waals surface area contributed by atoms with Gasteiger partial charge in [0.25, 0.3) is 5.56 Å². The molecule has 156 valence electrons. The molecule has 6 rings (SSSR count). The van der Waals surface area contributed by atoms with Gasteiger partial charge in [-0.2, -0.15) is 0 Å². The Balaban J connectivity index is 1.46. The molecule has 0 spiro atoms. The summed E-state index contributed by atoms with van der Waals surface area (Å²) < 4.78 is 8.38. The van der Waals surface area contributed by atoms with Crippen molar-refractivity contribution in [2.75, 3.05) is 0 Å². The number of benzene rings is 3. The fraction of sp³-hybridized carbons (Fsp3) is 0.138. The Bertz CT molecular complexity index is 1410. The highest BCUT2D eigenvalue weighted by Gasteiger charge is 2.36. The second-order valence-electron chi connectivity index (χ2n) is 8.51. The van der Waals surface area contributed by atoms with Crippen LogP contribution < -0.4 is 10.3 Å². The van der Waals surface area contributed by atoms with Crippen LogP contribution in [0.3, 0.4) is 0 Å². The van der Waals surface area contributed by atoms with E-state index in [0.717, 1.165) is 27.8 Å². The molecule has 1 aliphatic heterocycles. The first-order valence-corrected chi connectivity index (χ1v) is 11.1. The molecule has 1 aromatic heterocycles. The molecule has 0 saturated heterocycles. The van der Waals surface area contributed by atoms with E-state index >= 15 is 0 Å². The molecule has 0 unspecified atom stereocenters. The summed E-state index contributed by atoms with van der Waals surface area (Å²) in [6, 6.07) is 28.6. The van der Waals surface area contributed by atoms with Crippen molar-refractivity contribution in [3.05, 3.63) is 130 Å². The third-order valence-electron chi connectivity index (χ3n) is 6.51. The van der Waals surface area contributed by atoms with Crippen LogP contribution in [-0.2, 0) is 13.0 Å². The molecule has 0 radical (unpaired) electrons. The van der Waals surface area contributed by atoms with Crippen LogP contribution in [-0.4, -0.2) is 10.7 Å². The predicted octanol–water partition coefficient (Wildman–Crippen LogP) is 5.62. The molecule has 1 aliphatic carbocycles. The highest BCUT2D eigenvalue weighted by Crippen LogP contribution is 2.41. The topological polar surface area (TPSA) is 31.2 Å². The van der Waals surface area contributed by atoms with E-state index in [1.807, 2.05) is 59.2 Å². The van der Waals surface area contributed by atoms with Crippen molar-refractivity contribution < 1.29 is 4.74 Å². The lowest BCUT2D eigenvalue weighted by atomic mass is 9.88. The van der Waals surface area contributed by atoms with E-state index in [1.54, 1.807) is 0 Å². The lowest BCUT2D eigenvalue weighted by Gasteiger charge is -2.30. The molecular weight excluding hydrogens is 394 g/mol. The zero-order valence-corrected chi connectivity index (χ0v) is 17.6. The van der Waals surface area contributed by atoms with Crippen molar-refractivity contribution in [3.8, 4) is 5.75 Å². The Kier molecular flexibility index (Phi) is 4.53. The van der Waals surface area contributed by atoms with Crippen LogP contribution in [0.5, 0.6) is 5.75 Å². The van der Waals surface area contributed by atoms with Crippen molar-refractivity contribution in [1.29, 1.82) is 0 Å². The minimum absolute atomic E-state index is 0.0368. The first-order chi connectivity index (χ1) is 15.8. The van der Waals surface area contributed by atoms with Gasteiger partial charge in [-0.1, -0.05) is 84.9 Å².